The first-order valence-electron chi connectivity index (χ1n) is 5.78. The molecule has 0 saturated carbocycles. The molecule has 0 bridgehead atoms. The predicted octanol–water partition coefficient (Wildman–Crippen LogP) is 1.10. The van der Waals surface area contributed by atoms with Crippen molar-refractivity contribution in [3.63, 3.8) is 0 Å². The van der Waals surface area contributed by atoms with Crippen molar-refractivity contribution >= 4 is 0 Å². The third-order valence-electron chi connectivity index (χ3n) is 2.98. The highest BCUT2D eigenvalue weighted by atomic mass is 16.5. The zero-order chi connectivity index (χ0) is 10.4. The van der Waals surface area contributed by atoms with E-state index in [4.69, 9.17) is 4.74 Å². The zero-order valence-corrected chi connectivity index (χ0v) is 9.75. The second-order valence-corrected chi connectivity index (χ2v) is 4.09. The summed E-state index contributed by atoms with van der Waals surface area (Å²) in [7, 11) is 1.80. The molecule has 2 atom stereocenters. The molecule has 0 aliphatic carbocycles. The minimum Gasteiger partial charge on any atom is -0.380 e. The molecule has 1 fully saturated rings. The molecule has 0 radical (unpaired) electrons. The topological polar surface area (TPSA) is 24.5 Å². The van der Waals surface area contributed by atoms with Gasteiger partial charge in [-0.2, -0.15) is 0 Å². The van der Waals surface area contributed by atoms with Gasteiger partial charge in [0, 0.05) is 26.2 Å². The average molecular weight is 200 g/mol. The van der Waals surface area contributed by atoms with Crippen molar-refractivity contribution in [3.8, 4) is 0 Å². The van der Waals surface area contributed by atoms with Crippen molar-refractivity contribution in [2.24, 2.45) is 0 Å². The smallest absolute Gasteiger partial charge is 0.0711 e. The summed E-state index contributed by atoms with van der Waals surface area (Å²) in [6, 6.07) is 0.631. The average Bonchev–Trinajstić information content (AvgIpc) is 2.65. The highest BCUT2D eigenvalue weighted by Crippen LogP contribution is 2.10. The first-order chi connectivity index (χ1) is 6.80. The number of nitrogens with zero attached hydrogens (tertiary/aromatic N) is 1. The van der Waals surface area contributed by atoms with Crippen LogP contribution in [0.3, 0.4) is 0 Å². The minimum absolute atomic E-state index is 0.431. The molecule has 1 N–H and O–H groups in total. The Morgan fingerprint density at radius 2 is 2.21 bits per heavy atom. The monoisotopic (exact) mass is 200 g/mol. The van der Waals surface area contributed by atoms with Crippen LogP contribution in [0.15, 0.2) is 0 Å². The molecular formula is C11H24N2O. The maximum absolute atomic E-state index is 5.34. The van der Waals surface area contributed by atoms with Gasteiger partial charge in [0.2, 0.25) is 0 Å². The quantitative estimate of drug-likeness (QED) is 0.695. The van der Waals surface area contributed by atoms with E-state index in [2.05, 4.69) is 24.1 Å². The third kappa shape index (κ3) is 3.56. The van der Waals surface area contributed by atoms with Crippen LogP contribution < -0.4 is 5.32 Å². The number of rotatable bonds is 6. The number of hydrogen-bond acceptors (Lipinski definition) is 3. The summed E-state index contributed by atoms with van der Waals surface area (Å²) in [5.74, 6) is 0. The van der Waals surface area contributed by atoms with Crippen molar-refractivity contribution < 1.29 is 4.74 Å². The lowest BCUT2D eigenvalue weighted by molar-refractivity contribution is 0.115. The predicted molar refractivity (Wildman–Crippen MR) is 59.6 cm³/mol. The Labute approximate surface area is 87.8 Å². The fourth-order valence-electron chi connectivity index (χ4n) is 2.11. The maximum Gasteiger partial charge on any atom is 0.0711 e. The summed E-state index contributed by atoms with van der Waals surface area (Å²) in [6.07, 6.45) is 2.84. The summed E-state index contributed by atoms with van der Waals surface area (Å²) in [6.45, 7) is 9.03. The van der Waals surface area contributed by atoms with E-state index in [1.54, 1.807) is 7.11 Å². The van der Waals surface area contributed by atoms with Crippen LogP contribution in [-0.4, -0.2) is 50.3 Å². The molecular weight excluding hydrogens is 176 g/mol. The van der Waals surface area contributed by atoms with Crippen LogP contribution >= 0.6 is 0 Å². The molecule has 0 spiro atoms. The van der Waals surface area contributed by atoms with Gasteiger partial charge in [-0.15, -0.1) is 0 Å². The van der Waals surface area contributed by atoms with Gasteiger partial charge in [-0.25, -0.2) is 0 Å². The molecule has 0 unspecified atom stereocenters. The standard InChI is InChI=1S/C11H24N2O/c1-4-6-13(5-2)9-10-7-11(14-3)8-12-10/h10-12H,4-9H2,1-3H3/t10-,11-/m0/s1. The van der Waals surface area contributed by atoms with Gasteiger partial charge in [0.25, 0.3) is 0 Å². The first kappa shape index (κ1) is 12.0. The van der Waals surface area contributed by atoms with E-state index >= 15 is 0 Å². The van der Waals surface area contributed by atoms with E-state index in [0.29, 0.717) is 12.1 Å². The number of hydrogen-bond donors (Lipinski definition) is 1. The molecule has 1 saturated heterocycles. The van der Waals surface area contributed by atoms with Crippen LogP contribution in [0.2, 0.25) is 0 Å². The zero-order valence-electron chi connectivity index (χ0n) is 9.75. The summed E-state index contributed by atoms with van der Waals surface area (Å²) < 4.78 is 5.34. The summed E-state index contributed by atoms with van der Waals surface area (Å²) in [5, 5.41) is 3.51. The first-order valence-corrected chi connectivity index (χ1v) is 5.78. The van der Waals surface area contributed by atoms with Crippen molar-refractivity contribution in [2.75, 3.05) is 33.3 Å². The van der Waals surface area contributed by atoms with Gasteiger partial charge in [0.1, 0.15) is 0 Å². The summed E-state index contributed by atoms with van der Waals surface area (Å²) in [5.41, 5.74) is 0. The van der Waals surface area contributed by atoms with Gasteiger partial charge in [-0.1, -0.05) is 13.8 Å². The second-order valence-electron chi connectivity index (χ2n) is 4.09. The molecule has 0 aromatic heterocycles. The summed E-state index contributed by atoms with van der Waals surface area (Å²) in [4.78, 5) is 2.51. The second kappa shape index (κ2) is 6.38. The van der Waals surface area contributed by atoms with Gasteiger partial charge >= 0.3 is 0 Å². The van der Waals surface area contributed by atoms with Gasteiger partial charge < -0.3 is 15.0 Å². The fraction of sp³-hybridized carbons (Fsp3) is 1.00. The molecule has 1 aliphatic heterocycles. The largest absolute Gasteiger partial charge is 0.380 e. The molecule has 0 aromatic carbocycles. The molecule has 0 aromatic rings. The number of likely N-dealkylation sites (N-methyl/N-ethyl adjacent to an activating group) is 1. The van der Waals surface area contributed by atoms with Crippen LogP contribution in [0.4, 0.5) is 0 Å². The lowest BCUT2D eigenvalue weighted by atomic mass is 10.2. The molecule has 0 amide bonds. The highest BCUT2D eigenvalue weighted by molar-refractivity contribution is 4.84. The SMILES string of the molecule is CCCN(CC)C[C@@H]1C[C@H](OC)CN1. The Bertz CT molecular complexity index is 152. The van der Waals surface area contributed by atoms with Crippen LogP contribution in [0.25, 0.3) is 0 Å². The molecule has 1 heterocycles. The lowest BCUT2D eigenvalue weighted by Crippen LogP contribution is -2.37. The number of ether oxygens (including phenoxy) is 1. The molecule has 1 rings (SSSR count). The van der Waals surface area contributed by atoms with Crippen molar-refractivity contribution in [2.45, 2.75) is 38.8 Å². The lowest BCUT2D eigenvalue weighted by Gasteiger charge is -2.23. The van der Waals surface area contributed by atoms with Crippen molar-refractivity contribution in [3.05, 3.63) is 0 Å². The van der Waals surface area contributed by atoms with Crippen LogP contribution in [0.1, 0.15) is 26.7 Å². The Balaban J connectivity index is 2.22. The fourth-order valence-corrected chi connectivity index (χ4v) is 2.11. The highest BCUT2D eigenvalue weighted by Gasteiger charge is 2.24. The minimum atomic E-state index is 0.431. The molecule has 1 aliphatic rings. The molecule has 14 heavy (non-hydrogen) atoms. The Kier molecular flexibility index (Phi) is 5.45. The van der Waals surface area contributed by atoms with Gasteiger partial charge in [-0.3, -0.25) is 0 Å². The van der Waals surface area contributed by atoms with Gasteiger partial charge in [0.05, 0.1) is 6.10 Å². The van der Waals surface area contributed by atoms with Gasteiger partial charge in [-0.05, 0) is 25.9 Å². The third-order valence-corrected chi connectivity index (χ3v) is 2.98. The van der Waals surface area contributed by atoms with Crippen LogP contribution in [0, 0.1) is 0 Å². The van der Waals surface area contributed by atoms with Crippen LogP contribution in [0.5, 0.6) is 0 Å². The molecule has 84 valence electrons. The molecule has 3 nitrogen and oxygen atoms in total. The summed E-state index contributed by atoms with van der Waals surface area (Å²) >= 11 is 0. The Morgan fingerprint density at radius 1 is 1.43 bits per heavy atom. The molecule has 3 heteroatoms. The maximum atomic E-state index is 5.34. The van der Waals surface area contributed by atoms with E-state index in [1.807, 2.05) is 0 Å². The van der Waals surface area contributed by atoms with E-state index in [-0.39, 0.29) is 0 Å². The van der Waals surface area contributed by atoms with E-state index in [1.165, 1.54) is 19.5 Å². The van der Waals surface area contributed by atoms with Gasteiger partial charge in [0.15, 0.2) is 0 Å². The van der Waals surface area contributed by atoms with E-state index < -0.39 is 0 Å². The number of nitrogens with one attached hydrogen (secondary N) is 1. The Hall–Kier alpha value is -0.120. The Morgan fingerprint density at radius 3 is 2.71 bits per heavy atom. The van der Waals surface area contributed by atoms with Crippen molar-refractivity contribution in [1.82, 2.24) is 10.2 Å². The van der Waals surface area contributed by atoms with Crippen molar-refractivity contribution in [1.29, 1.82) is 0 Å². The van der Waals surface area contributed by atoms with E-state index in [9.17, 15) is 0 Å². The normalized spacial score (nSPS) is 27.4. The number of methoxy groups -OCH3 is 1. The van der Waals surface area contributed by atoms with Crippen LogP contribution in [-0.2, 0) is 4.74 Å². The van der Waals surface area contributed by atoms with E-state index in [0.717, 1.165) is 19.5 Å².